The fourth-order valence-corrected chi connectivity index (χ4v) is 2.95. The molecule has 1 heterocycles. The Morgan fingerprint density at radius 3 is 2.30 bits per heavy atom. The summed E-state index contributed by atoms with van der Waals surface area (Å²) in [4.78, 5) is 11.9. The number of hydrogen-bond acceptors (Lipinski definition) is 3. The standard InChI is InChI=1S/C16H22O4/c1-3-7-16(8-4-2,15(17)18)12-5-6-13-14(11-12)20-10-9-19-13/h5-6,11H,3-4,7-10H2,1-2H3,(H,17,18). The first kappa shape index (κ1) is 14.7. The molecule has 2 rings (SSSR count). The Morgan fingerprint density at radius 2 is 1.75 bits per heavy atom. The SMILES string of the molecule is CCCC(CCC)(C(=O)O)c1ccc2c(c1)OCCO2. The first-order chi connectivity index (χ1) is 9.64. The molecule has 0 spiro atoms. The van der Waals surface area contributed by atoms with Gasteiger partial charge in [-0.1, -0.05) is 32.8 Å². The molecule has 0 aromatic heterocycles. The highest BCUT2D eigenvalue weighted by molar-refractivity contribution is 5.81. The third kappa shape index (κ3) is 2.60. The van der Waals surface area contributed by atoms with Crippen LogP contribution in [-0.2, 0) is 10.2 Å². The summed E-state index contributed by atoms with van der Waals surface area (Å²) in [5.41, 5.74) is -0.00256. The Labute approximate surface area is 119 Å². The van der Waals surface area contributed by atoms with Gasteiger partial charge in [-0.25, -0.2) is 0 Å². The van der Waals surface area contributed by atoms with E-state index in [1.807, 2.05) is 32.0 Å². The van der Waals surface area contributed by atoms with E-state index in [0.29, 0.717) is 37.6 Å². The van der Waals surface area contributed by atoms with Crippen molar-refractivity contribution in [3.63, 3.8) is 0 Å². The van der Waals surface area contributed by atoms with Crippen molar-refractivity contribution in [3.05, 3.63) is 23.8 Å². The predicted octanol–water partition coefficient (Wildman–Crippen LogP) is 3.38. The van der Waals surface area contributed by atoms with Gasteiger partial charge in [0.15, 0.2) is 11.5 Å². The van der Waals surface area contributed by atoms with Crippen LogP contribution in [0.3, 0.4) is 0 Å². The highest BCUT2D eigenvalue weighted by Crippen LogP contribution is 2.40. The van der Waals surface area contributed by atoms with Crippen LogP contribution in [0.4, 0.5) is 0 Å². The molecular weight excluding hydrogens is 256 g/mol. The topological polar surface area (TPSA) is 55.8 Å². The minimum Gasteiger partial charge on any atom is -0.486 e. The van der Waals surface area contributed by atoms with Crippen LogP contribution < -0.4 is 9.47 Å². The van der Waals surface area contributed by atoms with Gasteiger partial charge in [-0.15, -0.1) is 0 Å². The van der Waals surface area contributed by atoms with E-state index in [2.05, 4.69) is 0 Å². The molecule has 0 fully saturated rings. The van der Waals surface area contributed by atoms with Gasteiger partial charge in [0.2, 0.25) is 0 Å². The van der Waals surface area contributed by atoms with Crippen LogP contribution in [0, 0.1) is 0 Å². The second-order valence-corrected chi connectivity index (χ2v) is 5.25. The largest absolute Gasteiger partial charge is 0.486 e. The van der Waals surface area contributed by atoms with Gasteiger partial charge in [0.25, 0.3) is 0 Å². The zero-order chi connectivity index (χ0) is 14.6. The minimum absolute atomic E-state index is 0.512. The quantitative estimate of drug-likeness (QED) is 0.866. The molecule has 20 heavy (non-hydrogen) atoms. The molecule has 1 aliphatic rings. The van der Waals surface area contributed by atoms with Crippen molar-refractivity contribution >= 4 is 5.97 Å². The van der Waals surface area contributed by atoms with Crippen molar-refractivity contribution < 1.29 is 19.4 Å². The summed E-state index contributed by atoms with van der Waals surface area (Å²) in [7, 11) is 0. The Kier molecular flexibility index (Phi) is 4.53. The van der Waals surface area contributed by atoms with E-state index in [0.717, 1.165) is 18.4 Å². The van der Waals surface area contributed by atoms with Crippen LogP contribution >= 0.6 is 0 Å². The summed E-state index contributed by atoms with van der Waals surface area (Å²) in [6, 6.07) is 5.54. The zero-order valence-electron chi connectivity index (χ0n) is 12.1. The van der Waals surface area contributed by atoms with Crippen molar-refractivity contribution in [1.29, 1.82) is 0 Å². The molecule has 0 saturated heterocycles. The maximum Gasteiger partial charge on any atom is 0.314 e. The van der Waals surface area contributed by atoms with E-state index in [1.54, 1.807) is 0 Å². The average molecular weight is 278 g/mol. The summed E-state index contributed by atoms with van der Waals surface area (Å²) in [6.07, 6.45) is 2.94. The van der Waals surface area contributed by atoms with Crippen molar-refractivity contribution in [1.82, 2.24) is 0 Å². The lowest BCUT2D eigenvalue weighted by atomic mass is 9.73. The summed E-state index contributed by atoms with van der Waals surface area (Å²) < 4.78 is 11.1. The number of benzene rings is 1. The molecule has 110 valence electrons. The van der Waals surface area contributed by atoms with Crippen LogP contribution in [0.2, 0.25) is 0 Å². The summed E-state index contributed by atoms with van der Waals surface area (Å²) in [6.45, 7) is 5.09. The van der Waals surface area contributed by atoms with Crippen LogP contribution in [-0.4, -0.2) is 24.3 Å². The van der Waals surface area contributed by atoms with Gasteiger partial charge in [-0.3, -0.25) is 4.79 Å². The van der Waals surface area contributed by atoms with Crippen molar-refractivity contribution in [3.8, 4) is 11.5 Å². The van der Waals surface area contributed by atoms with E-state index < -0.39 is 11.4 Å². The maximum atomic E-state index is 11.9. The second-order valence-electron chi connectivity index (χ2n) is 5.25. The molecule has 0 bridgehead atoms. The summed E-state index contributed by atoms with van der Waals surface area (Å²) in [5.74, 6) is 0.608. The summed E-state index contributed by atoms with van der Waals surface area (Å²) in [5, 5.41) is 9.77. The number of aliphatic carboxylic acids is 1. The van der Waals surface area contributed by atoms with Crippen molar-refractivity contribution in [2.24, 2.45) is 0 Å². The monoisotopic (exact) mass is 278 g/mol. The Balaban J connectivity index is 2.44. The number of fused-ring (bicyclic) bond motifs is 1. The van der Waals surface area contributed by atoms with Crippen molar-refractivity contribution in [2.45, 2.75) is 44.9 Å². The van der Waals surface area contributed by atoms with Crippen LogP contribution in [0.25, 0.3) is 0 Å². The molecular formula is C16H22O4. The Hall–Kier alpha value is -1.71. The molecule has 0 radical (unpaired) electrons. The normalized spacial score (nSPS) is 14.1. The van der Waals surface area contributed by atoms with E-state index >= 15 is 0 Å². The van der Waals surface area contributed by atoms with Gasteiger partial charge >= 0.3 is 5.97 Å². The number of hydrogen-bond donors (Lipinski definition) is 1. The number of carbonyl (C=O) groups is 1. The molecule has 0 aliphatic carbocycles. The lowest BCUT2D eigenvalue weighted by Gasteiger charge is -2.30. The number of carboxylic acids is 1. The Bertz CT molecular complexity index is 475. The molecule has 0 amide bonds. The van der Waals surface area contributed by atoms with Gasteiger partial charge in [0, 0.05) is 0 Å². The van der Waals surface area contributed by atoms with Crippen LogP contribution in [0.5, 0.6) is 11.5 Å². The van der Waals surface area contributed by atoms with E-state index in [1.165, 1.54) is 0 Å². The number of ether oxygens (including phenoxy) is 2. The molecule has 0 unspecified atom stereocenters. The maximum absolute atomic E-state index is 11.9. The molecule has 1 N–H and O–H groups in total. The van der Waals surface area contributed by atoms with Gasteiger partial charge in [-0.05, 0) is 30.5 Å². The second kappa shape index (κ2) is 6.16. The zero-order valence-corrected chi connectivity index (χ0v) is 12.1. The highest BCUT2D eigenvalue weighted by Gasteiger charge is 2.39. The third-order valence-electron chi connectivity index (χ3n) is 3.86. The lowest BCUT2D eigenvalue weighted by molar-refractivity contribution is -0.144. The van der Waals surface area contributed by atoms with Gasteiger partial charge in [-0.2, -0.15) is 0 Å². The molecule has 1 aromatic carbocycles. The molecule has 4 heteroatoms. The first-order valence-electron chi connectivity index (χ1n) is 7.27. The Morgan fingerprint density at radius 1 is 1.15 bits per heavy atom. The number of rotatable bonds is 6. The molecule has 1 aliphatic heterocycles. The predicted molar refractivity (Wildman–Crippen MR) is 76.6 cm³/mol. The van der Waals surface area contributed by atoms with E-state index in [-0.39, 0.29) is 0 Å². The molecule has 1 aromatic rings. The van der Waals surface area contributed by atoms with E-state index in [4.69, 9.17) is 9.47 Å². The van der Waals surface area contributed by atoms with E-state index in [9.17, 15) is 9.90 Å². The highest BCUT2D eigenvalue weighted by atomic mass is 16.6. The average Bonchev–Trinajstić information content (AvgIpc) is 2.46. The first-order valence-corrected chi connectivity index (χ1v) is 7.27. The lowest BCUT2D eigenvalue weighted by Crippen LogP contribution is -2.35. The molecule has 0 saturated carbocycles. The van der Waals surface area contributed by atoms with Gasteiger partial charge < -0.3 is 14.6 Å². The minimum atomic E-state index is -0.820. The number of carboxylic acid groups (broad SMARTS) is 1. The van der Waals surface area contributed by atoms with Crippen molar-refractivity contribution in [2.75, 3.05) is 13.2 Å². The van der Waals surface area contributed by atoms with Crippen LogP contribution in [0.15, 0.2) is 18.2 Å². The van der Waals surface area contributed by atoms with Crippen LogP contribution in [0.1, 0.15) is 45.1 Å². The smallest absolute Gasteiger partial charge is 0.314 e. The fraction of sp³-hybridized carbons (Fsp3) is 0.562. The van der Waals surface area contributed by atoms with Gasteiger partial charge in [0.05, 0.1) is 5.41 Å². The fourth-order valence-electron chi connectivity index (χ4n) is 2.95. The third-order valence-corrected chi connectivity index (χ3v) is 3.86. The summed E-state index contributed by atoms with van der Waals surface area (Å²) >= 11 is 0. The molecule has 4 nitrogen and oxygen atoms in total. The molecule has 0 atom stereocenters. The van der Waals surface area contributed by atoms with Gasteiger partial charge in [0.1, 0.15) is 13.2 Å².